The van der Waals surface area contributed by atoms with E-state index in [0.717, 1.165) is 11.0 Å². The van der Waals surface area contributed by atoms with E-state index in [4.69, 9.17) is 4.74 Å². The lowest BCUT2D eigenvalue weighted by atomic mass is 10.2. The zero-order valence-electron chi connectivity index (χ0n) is 15.2. The Labute approximate surface area is 151 Å². The normalized spacial score (nSPS) is 14.7. The molecular formula is C18H24N4O4. The maximum atomic E-state index is 12.5. The van der Waals surface area contributed by atoms with Gasteiger partial charge in [-0.05, 0) is 19.1 Å². The standard InChI is InChI=1S/C18H24N4O4/c1-3-26-18(25)21-12-10-20(11-13-21)16(23)8-9-22-15-7-5-4-6-14(15)19(2)17(22)24/h4-7H,3,8-13H2,1-2H3. The lowest BCUT2D eigenvalue weighted by Crippen LogP contribution is -2.50. The topological polar surface area (TPSA) is 76.8 Å². The largest absolute Gasteiger partial charge is 0.450 e. The molecule has 1 fully saturated rings. The fraction of sp³-hybridized carbons (Fsp3) is 0.500. The van der Waals surface area contributed by atoms with Gasteiger partial charge in [0.15, 0.2) is 0 Å². The molecule has 0 N–H and O–H groups in total. The first-order valence-electron chi connectivity index (χ1n) is 8.86. The van der Waals surface area contributed by atoms with Gasteiger partial charge < -0.3 is 14.5 Å². The minimum Gasteiger partial charge on any atom is -0.450 e. The number of carbonyl (C=O) groups excluding carboxylic acids is 2. The summed E-state index contributed by atoms with van der Waals surface area (Å²) in [6, 6.07) is 7.55. The van der Waals surface area contributed by atoms with Crippen LogP contribution in [0.3, 0.4) is 0 Å². The van der Waals surface area contributed by atoms with Crippen molar-refractivity contribution in [3.63, 3.8) is 0 Å². The number of hydrogen-bond acceptors (Lipinski definition) is 4. The summed E-state index contributed by atoms with van der Waals surface area (Å²) >= 11 is 0. The van der Waals surface area contributed by atoms with Crippen molar-refractivity contribution in [2.45, 2.75) is 19.9 Å². The number of para-hydroxylation sites is 2. The number of amides is 2. The average Bonchev–Trinajstić information content (AvgIpc) is 2.91. The zero-order valence-corrected chi connectivity index (χ0v) is 15.2. The minimum absolute atomic E-state index is 0.00616. The van der Waals surface area contributed by atoms with Crippen molar-refractivity contribution in [3.8, 4) is 0 Å². The number of imidazole rings is 1. The summed E-state index contributed by atoms with van der Waals surface area (Å²) in [5, 5.41) is 0. The number of nitrogens with zero attached hydrogens (tertiary/aromatic N) is 4. The fourth-order valence-corrected chi connectivity index (χ4v) is 3.30. The molecule has 0 spiro atoms. The molecule has 8 heteroatoms. The quantitative estimate of drug-likeness (QED) is 0.816. The first-order chi connectivity index (χ1) is 12.5. The number of fused-ring (bicyclic) bond motifs is 1. The molecule has 1 aromatic carbocycles. The number of aromatic nitrogens is 2. The molecule has 1 saturated heterocycles. The van der Waals surface area contributed by atoms with Gasteiger partial charge in [0.25, 0.3) is 0 Å². The van der Waals surface area contributed by atoms with Crippen molar-refractivity contribution in [2.75, 3.05) is 32.8 Å². The van der Waals surface area contributed by atoms with Crippen LogP contribution in [0.2, 0.25) is 0 Å². The molecule has 0 aliphatic carbocycles. The maximum absolute atomic E-state index is 12.5. The van der Waals surface area contributed by atoms with Gasteiger partial charge in [0, 0.05) is 46.2 Å². The lowest BCUT2D eigenvalue weighted by molar-refractivity contribution is -0.133. The number of hydrogen-bond donors (Lipinski definition) is 0. The molecule has 3 rings (SSSR count). The molecular weight excluding hydrogens is 336 g/mol. The molecule has 0 saturated carbocycles. The van der Waals surface area contributed by atoms with Crippen LogP contribution in [0.25, 0.3) is 11.0 Å². The second kappa shape index (κ2) is 7.63. The Balaban J connectivity index is 1.60. The van der Waals surface area contributed by atoms with Crippen molar-refractivity contribution in [2.24, 2.45) is 7.05 Å². The van der Waals surface area contributed by atoms with Gasteiger partial charge in [0.2, 0.25) is 5.91 Å². The van der Waals surface area contributed by atoms with E-state index < -0.39 is 0 Å². The Hall–Kier alpha value is -2.77. The van der Waals surface area contributed by atoms with Crippen LogP contribution in [0, 0.1) is 0 Å². The molecule has 1 aliphatic rings. The summed E-state index contributed by atoms with van der Waals surface area (Å²) in [5.41, 5.74) is 1.57. The molecule has 26 heavy (non-hydrogen) atoms. The first-order valence-corrected chi connectivity index (χ1v) is 8.86. The summed E-state index contributed by atoms with van der Waals surface area (Å²) in [5.74, 6) is -0.00616. The minimum atomic E-state index is -0.332. The van der Waals surface area contributed by atoms with Crippen LogP contribution in [-0.2, 0) is 23.1 Å². The Kier molecular flexibility index (Phi) is 5.29. The van der Waals surface area contributed by atoms with Crippen molar-refractivity contribution in [3.05, 3.63) is 34.7 Å². The number of piperazine rings is 1. The lowest BCUT2D eigenvalue weighted by Gasteiger charge is -2.34. The monoisotopic (exact) mass is 360 g/mol. The SMILES string of the molecule is CCOC(=O)N1CCN(C(=O)CCn2c(=O)n(C)c3ccccc32)CC1. The molecule has 0 bridgehead atoms. The van der Waals surface area contributed by atoms with Crippen LogP contribution in [0.15, 0.2) is 29.1 Å². The van der Waals surface area contributed by atoms with Crippen LogP contribution >= 0.6 is 0 Å². The summed E-state index contributed by atoms with van der Waals surface area (Å²) in [4.78, 5) is 40.0. The Morgan fingerprint density at radius 2 is 1.65 bits per heavy atom. The molecule has 2 heterocycles. The summed E-state index contributed by atoms with van der Waals surface area (Å²) in [6.45, 7) is 4.38. The number of rotatable bonds is 4. The van der Waals surface area contributed by atoms with Gasteiger partial charge in [-0.1, -0.05) is 12.1 Å². The van der Waals surface area contributed by atoms with Crippen LogP contribution in [0.4, 0.5) is 4.79 Å². The van der Waals surface area contributed by atoms with E-state index in [1.54, 1.807) is 32.9 Å². The Morgan fingerprint density at radius 1 is 1.04 bits per heavy atom. The van der Waals surface area contributed by atoms with Gasteiger partial charge in [-0.3, -0.25) is 13.9 Å². The molecule has 2 amide bonds. The predicted octanol–water partition coefficient (Wildman–Crippen LogP) is 1.03. The van der Waals surface area contributed by atoms with Crippen molar-refractivity contribution in [1.29, 1.82) is 0 Å². The second-order valence-electron chi connectivity index (χ2n) is 6.30. The molecule has 8 nitrogen and oxygen atoms in total. The second-order valence-corrected chi connectivity index (χ2v) is 6.30. The van der Waals surface area contributed by atoms with E-state index in [2.05, 4.69) is 0 Å². The highest BCUT2D eigenvalue weighted by Gasteiger charge is 2.24. The molecule has 1 aromatic heterocycles. The van der Waals surface area contributed by atoms with Crippen LogP contribution in [0.5, 0.6) is 0 Å². The summed E-state index contributed by atoms with van der Waals surface area (Å²) < 4.78 is 8.22. The van der Waals surface area contributed by atoms with Crippen LogP contribution in [-0.4, -0.2) is 63.7 Å². The van der Waals surface area contributed by atoms with E-state index >= 15 is 0 Å². The molecule has 1 aliphatic heterocycles. The van der Waals surface area contributed by atoms with E-state index in [1.165, 1.54) is 0 Å². The number of aryl methyl sites for hydroxylation is 2. The van der Waals surface area contributed by atoms with Gasteiger partial charge in [0.1, 0.15) is 0 Å². The van der Waals surface area contributed by atoms with Gasteiger partial charge in [-0.2, -0.15) is 0 Å². The van der Waals surface area contributed by atoms with Crippen molar-refractivity contribution < 1.29 is 14.3 Å². The van der Waals surface area contributed by atoms with E-state index in [9.17, 15) is 14.4 Å². The molecule has 0 atom stereocenters. The Bertz CT molecular complexity index is 862. The Morgan fingerprint density at radius 3 is 2.31 bits per heavy atom. The molecule has 140 valence electrons. The van der Waals surface area contributed by atoms with Crippen LogP contribution in [0.1, 0.15) is 13.3 Å². The third kappa shape index (κ3) is 3.44. The highest BCUT2D eigenvalue weighted by molar-refractivity contribution is 5.78. The molecule has 2 aromatic rings. The van der Waals surface area contributed by atoms with E-state index in [-0.39, 0.29) is 24.1 Å². The summed E-state index contributed by atoms with van der Waals surface area (Å²) in [7, 11) is 1.73. The van der Waals surface area contributed by atoms with E-state index in [0.29, 0.717) is 39.3 Å². The molecule has 0 unspecified atom stereocenters. The predicted molar refractivity (Wildman–Crippen MR) is 97.0 cm³/mol. The van der Waals surface area contributed by atoms with Gasteiger partial charge in [-0.15, -0.1) is 0 Å². The van der Waals surface area contributed by atoms with Crippen LogP contribution < -0.4 is 5.69 Å². The van der Waals surface area contributed by atoms with Crippen molar-refractivity contribution >= 4 is 23.0 Å². The molecule has 0 radical (unpaired) electrons. The fourth-order valence-electron chi connectivity index (χ4n) is 3.30. The maximum Gasteiger partial charge on any atom is 0.409 e. The third-order valence-corrected chi connectivity index (χ3v) is 4.76. The third-order valence-electron chi connectivity index (χ3n) is 4.76. The smallest absolute Gasteiger partial charge is 0.409 e. The first kappa shape index (κ1) is 18.0. The zero-order chi connectivity index (χ0) is 18.7. The average molecular weight is 360 g/mol. The number of ether oxygens (including phenoxy) is 1. The number of benzene rings is 1. The van der Waals surface area contributed by atoms with Gasteiger partial charge in [-0.25, -0.2) is 9.59 Å². The van der Waals surface area contributed by atoms with Crippen molar-refractivity contribution in [1.82, 2.24) is 18.9 Å². The van der Waals surface area contributed by atoms with Gasteiger partial charge >= 0.3 is 11.8 Å². The highest BCUT2D eigenvalue weighted by atomic mass is 16.6. The number of carbonyl (C=O) groups is 2. The summed E-state index contributed by atoms with van der Waals surface area (Å²) in [6.07, 6.45) is -0.0743. The highest BCUT2D eigenvalue weighted by Crippen LogP contribution is 2.13. The van der Waals surface area contributed by atoms with Gasteiger partial charge in [0.05, 0.1) is 17.6 Å². The van der Waals surface area contributed by atoms with E-state index in [1.807, 2.05) is 24.3 Å².